The minimum atomic E-state index is -4.82. The Morgan fingerprint density at radius 3 is 2.52 bits per heavy atom. The van der Waals surface area contributed by atoms with E-state index in [2.05, 4.69) is 0 Å². The maximum atomic E-state index is 13.2. The predicted octanol–water partition coefficient (Wildman–Crippen LogP) is 3.67. The van der Waals surface area contributed by atoms with Crippen LogP contribution in [0.1, 0.15) is 27.5 Å². The van der Waals surface area contributed by atoms with Crippen molar-refractivity contribution in [1.82, 2.24) is 4.90 Å². The smallest absolute Gasteiger partial charge is 0.417 e. The maximum absolute atomic E-state index is 13.2. The molecule has 27 heavy (non-hydrogen) atoms. The average Bonchev–Trinajstić information content (AvgIpc) is 2.83. The molecule has 1 unspecified atom stereocenters. The van der Waals surface area contributed by atoms with E-state index in [1.54, 1.807) is 0 Å². The molecule has 0 aliphatic carbocycles. The Morgan fingerprint density at radius 1 is 1.22 bits per heavy atom. The van der Waals surface area contributed by atoms with Crippen LogP contribution in [-0.2, 0) is 16.0 Å². The number of carbonyl (C=O) groups is 1. The van der Waals surface area contributed by atoms with E-state index in [4.69, 9.17) is 11.6 Å². The molecule has 1 heterocycles. The first kappa shape index (κ1) is 19.5. The Labute approximate surface area is 157 Å². The molecule has 0 saturated carbocycles. The van der Waals surface area contributed by atoms with Crippen LogP contribution in [0.25, 0.3) is 0 Å². The first-order chi connectivity index (χ1) is 12.4. The van der Waals surface area contributed by atoms with Crippen LogP contribution in [0.2, 0.25) is 5.02 Å². The van der Waals surface area contributed by atoms with Crippen molar-refractivity contribution >= 4 is 27.3 Å². The first-order valence-corrected chi connectivity index (χ1v) is 9.64. The quantitative estimate of drug-likeness (QED) is 0.806. The minimum absolute atomic E-state index is 0.0106. The van der Waals surface area contributed by atoms with Crippen molar-refractivity contribution in [3.8, 4) is 5.75 Å². The molecule has 2 aromatic carbocycles. The number of carbonyl (C=O) groups excluding carboxylic acids is 1. The summed E-state index contributed by atoms with van der Waals surface area (Å²) in [5.74, 6) is -2.04. The topological polar surface area (TPSA) is 74.7 Å². The second-order valence-electron chi connectivity index (χ2n) is 6.12. The lowest BCUT2D eigenvalue weighted by Gasteiger charge is -2.26. The van der Waals surface area contributed by atoms with Crippen molar-refractivity contribution in [2.24, 2.45) is 0 Å². The van der Waals surface area contributed by atoms with E-state index in [1.165, 1.54) is 25.2 Å². The highest BCUT2D eigenvalue weighted by molar-refractivity contribution is 7.91. The summed E-state index contributed by atoms with van der Waals surface area (Å²) >= 11 is 5.91. The fourth-order valence-electron chi connectivity index (χ4n) is 3.06. The van der Waals surface area contributed by atoms with Crippen molar-refractivity contribution < 1.29 is 31.5 Å². The number of benzene rings is 2. The molecule has 0 bridgehead atoms. The number of phenols is 1. The third kappa shape index (κ3) is 3.49. The van der Waals surface area contributed by atoms with E-state index in [9.17, 15) is 31.5 Å². The van der Waals surface area contributed by atoms with E-state index in [1.807, 2.05) is 0 Å². The number of rotatable bonds is 2. The molecule has 5 nitrogen and oxygen atoms in total. The normalized spacial score (nSPS) is 18.2. The standard InChI is InChI=1S/C17H13ClF3NO4S/c1-22(14-8-27(25,26)15-5-2-9(18)6-12(14)15)16(24)11-7-10(23)3-4-13(11)17(19,20)21/h2-7,14,23H,8H2,1H3. The van der Waals surface area contributed by atoms with Gasteiger partial charge in [0.1, 0.15) is 5.75 Å². The van der Waals surface area contributed by atoms with Crippen LogP contribution in [0, 0.1) is 0 Å². The summed E-state index contributed by atoms with van der Waals surface area (Å²) in [6, 6.07) is 5.22. The number of phenolic OH excluding ortho intramolecular Hbond substituents is 1. The van der Waals surface area contributed by atoms with Crippen molar-refractivity contribution in [3.05, 3.63) is 58.1 Å². The van der Waals surface area contributed by atoms with Gasteiger partial charge in [0.05, 0.1) is 27.8 Å². The third-order valence-corrected chi connectivity index (χ3v) is 6.40. The Morgan fingerprint density at radius 2 is 1.89 bits per heavy atom. The van der Waals surface area contributed by atoms with Gasteiger partial charge in [0, 0.05) is 12.1 Å². The molecule has 0 spiro atoms. The average molecular weight is 420 g/mol. The number of hydrogen-bond donors (Lipinski definition) is 1. The Kier molecular flexibility index (Phi) is 4.63. The van der Waals surface area contributed by atoms with Crippen molar-refractivity contribution in [1.29, 1.82) is 0 Å². The van der Waals surface area contributed by atoms with Crippen LogP contribution < -0.4 is 0 Å². The monoisotopic (exact) mass is 419 g/mol. The maximum Gasteiger partial charge on any atom is 0.417 e. The van der Waals surface area contributed by atoms with E-state index in [0.29, 0.717) is 12.1 Å². The fourth-order valence-corrected chi connectivity index (χ4v) is 5.07. The van der Waals surface area contributed by atoms with Crippen LogP contribution in [0.15, 0.2) is 41.3 Å². The molecule has 1 atom stereocenters. The summed E-state index contributed by atoms with van der Waals surface area (Å²) in [6.07, 6.45) is -4.82. The van der Waals surface area contributed by atoms with E-state index in [-0.39, 0.29) is 15.5 Å². The number of halogens is 4. The molecule has 1 aliphatic heterocycles. The highest BCUT2D eigenvalue weighted by Crippen LogP contribution is 2.40. The SMILES string of the molecule is CN(C(=O)c1cc(O)ccc1C(F)(F)F)C1CS(=O)(=O)c2ccc(Cl)cc21. The number of aromatic hydroxyl groups is 1. The van der Waals surface area contributed by atoms with Gasteiger partial charge >= 0.3 is 6.18 Å². The van der Waals surface area contributed by atoms with Crippen LogP contribution in [-0.4, -0.2) is 37.1 Å². The van der Waals surface area contributed by atoms with Crippen LogP contribution in [0.4, 0.5) is 13.2 Å². The first-order valence-electron chi connectivity index (χ1n) is 7.61. The van der Waals surface area contributed by atoms with Gasteiger partial charge in [-0.05, 0) is 42.0 Å². The van der Waals surface area contributed by atoms with Gasteiger partial charge in [0.2, 0.25) is 0 Å². The Hall–Kier alpha value is -2.26. The summed E-state index contributed by atoms with van der Waals surface area (Å²) in [5.41, 5.74) is -1.74. The van der Waals surface area contributed by atoms with Gasteiger partial charge < -0.3 is 10.0 Å². The molecule has 0 saturated heterocycles. The van der Waals surface area contributed by atoms with Crippen molar-refractivity contribution in [2.45, 2.75) is 17.1 Å². The molecule has 1 aliphatic rings. The zero-order chi connectivity index (χ0) is 20.1. The fraction of sp³-hybridized carbons (Fsp3) is 0.235. The molecule has 1 N–H and O–H groups in total. The van der Waals surface area contributed by atoms with Gasteiger partial charge in [-0.25, -0.2) is 8.42 Å². The number of amides is 1. The second-order valence-corrected chi connectivity index (χ2v) is 8.56. The third-order valence-electron chi connectivity index (χ3n) is 4.37. The summed E-state index contributed by atoms with van der Waals surface area (Å²) in [5, 5.41) is 9.77. The van der Waals surface area contributed by atoms with Gasteiger partial charge in [0.15, 0.2) is 9.84 Å². The van der Waals surface area contributed by atoms with Crippen LogP contribution in [0.3, 0.4) is 0 Å². The van der Waals surface area contributed by atoms with E-state index >= 15 is 0 Å². The molecule has 3 rings (SSSR count). The van der Waals surface area contributed by atoms with Gasteiger partial charge in [0.25, 0.3) is 5.91 Å². The Balaban J connectivity index is 2.06. The minimum Gasteiger partial charge on any atom is -0.508 e. The zero-order valence-electron chi connectivity index (χ0n) is 13.8. The van der Waals surface area contributed by atoms with Crippen molar-refractivity contribution in [2.75, 3.05) is 12.8 Å². The summed E-state index contributed by atoms with van der Waals surface area (Å²) in [7, 11) is -2.49. The molecular weight excluding hydrogens is 407 g/mol. The van der Waals surface area contributed by atoms with Crippen LogP contribution in [0.5, 0.6) is 5.75 Å². The number of alkyl halides is 3. The highest BCUT2D eigenvalue weighted by Gasteiger charge is 2.41. The van der Waals surface area contributed by atoms with E-state index in [0.717, 1.165) is 11.0 Å². The van der Waals surface area contributed by atoms with Crippen LogP contribution >= 0.6 is 11.6 Å². The molecule has 10 heteroatoms. The number of hydrogen-bond acceptors (Lipinski definition) is 4. The van der Waals surface area contributed by atoms with Crippen molar-refractivity contribution in [3.63, 3.8) is 0 Å². The molecule has 2 aromatic rings. The van der Waals surface area contributed by atoms with E-state index < -0.39 is 50.6 Å². The molecule has 1 amide bonds. The van der Waals surface area contributed by atoms with Gasteiger partial charge in [-0.15, -0.1) is 0 Å². The largest absolute Gasteiger partial charge is 0.508 e. The molecule has 144 valence electrons. The molecule has 0 aromatic heterocycles. The Bertz CT molecular complexity index is 1040. The molecule has 0 radical (unpaired) electrons. The van der Waals surface area contributed by atoms with Gasteiger partial charge in [-0.1, -0.05) is 11.6 Å². The predicted molar refractivity (Wildman–Crippen MR) is 91.4 cm³/mol. The van der Waals surface area contributed by atoms with Gasteiger partial charge in [-0.2, -0.15) is 13.2 Å². The lowest BCUT2D eigenvalue weighted by molar-refractivity contribution is -0.138. The number of sulfone groups is 1. The highest BCUT2D eigenvalue weighted by atomic mass is 35.5. The summed E-state index contributed by atoms with van der Waals surface area (Å²) in [6.45, 7) is 0. The number of nitrogens with zero attached hydrogens (tertiary/aromatic N) is 1. The van der Waals surface area contributed by atoms with Gasteiger partial charge in [-0.3, -0.25) is 4.79 Å². The second kappa shape index (κ2) is 6.42. The zero-order valence-corrected chi connectivity index (χ0v) is 15.4. The lowest BCUT2D eigenvalue weighted by atomic mass is 10.0. The summed E-state index contributed by atoms with van der Waals surface area (Å²) in [4.78, 5) is 13.7. The molecular formula is C17H13ClF3NO4S. The number of fused-ring (bicyclic) bond motifs is 1. The lowest BCUT2D eigenvalue weighted by Crippen LogP contribution is -2.33. The molecule has 0 fully saturated rings. The summed E-state index contributed by atoms with van der Waals surface area (Å²) < 4.78 is 64.3.